The molecule has 0 radical (unpaired) electrons. The molecule has 1 aromatic heterocycles. The highest BCUT2D eigenvalue weighted by Crippen LogP contribution is 2.20. The molecule has 1 heterocycles. The van der Waals surface area contributed by atoms with Crippen molar-refractivity contribution in [2.24, 2.45) is 0 Å². The molecule has 0 unspecified atom stereocenters. The van der Waals surface area contributed by atoms with Crippen molar-refractivity contribution in [3.8, 4) is 5.75 Å². The van der Waals surface area contributed by atoms with Crippen molar-refractivity contribution < 1.29 is 14.3 Å². The van der Waals surface area contributed by atoms with Crippen molar-refractivity contribution in [1.29, 1.82) is 0 Å². The first kappa shape index (κ1) is 11.5. The first-order chi connectivity index (χ1) is 8.18. The number of ether oxygens (including phenoxy) is 1. The predicted octanol–water partition coefficient (Wildman–Crippen LogP) is 3.17. The summed E-state index contributed by atoms with van der Waals surface area (Å²) in [5.41, 5.74) is 0.414. The number of Topliss-reactive ketones (excluding diaryl/α,β-unsaturated/α-hetero) is 1. The second kappa shape index (κ2) is 4.93. The molecular formula is C13H10O3S. The molecule has 17 heavy (non-hydrogen) atoms. The molecule has 86 valence electrons. The number of rotatable bonds is 3. The van der Waals surface area contributed by atoms with E-state index in [4.69, 9.17) is 4.74 Å². The smallest absolute Gasteiger partial charge is 0.353 e. The molecule has 4 heteroatoms. The Morgan fingerprint density at radius 2 is 1.88 bits per heavy atom. The summed E-state index contributed by atoms with van der Waals surface area (Å²) in [6.07, 6.45) is 0. The van der Waals surface area contributed by atoms with Crippen LogP contribution in [0, 0.1) is 0 Å². The van der Waals surface area contributed by atoms with E-state index in [1.54, 1.807) is 41.8 Å². The molecule has 2 rings (SSSR count). The Bertz CT molecular complexity index is 544. The Balaban J connectivity index is 2.25. The monoisotopic (exact) mass is 246 g/mol. The van der Waals surface area contributed by atoms with Gasteiger partial charge in [0.15, 0.2) is 5.78 Å². The number of carbonyl (C=O) groups excluding carboxylic acids is 2. The van der Waals surface area contributed by atoms with Gasteiger partial charge in [-0.05, 0) is 30.5 Å². The van der Waals surface area contributed by atoms with E-state index in [9.17, 15) is 9.59 Å². The Kier molecular flexibility index (Phi) is 3.35. The summed E-state index contributed by atoms with van der Waals surface area (Å²) in [5, 5.41) is 1.80. The lowest BCUT2D eigenvalue weighted by atomic mass is 10.1. The second-order valence-electron chi connectivity index (χ2n) is 3.42. The molecule has 0 aliphatic heterocycles. The van der Waals surface area contributed by atoms with Crippen molar-refractivity contribution in [3.05, 3.63) is 52.2 Å². The quantitative estimate of drug-likeness (QED) is 0.474. The highest BCUT2D eigenvalue weighted by Gasteiger charge is 2.13. The van der Waals surface area contributed by atoms with Crippen LogP contribution in [0.5, 0.6) is 5.75 Å². The summed E-state index contributed by atoms with van der Waals surface area (Å²) >= 11 is 1.31. The van der Waals surface area contributed by atoms with E-state index >= 15 is 0 Å². The topological polar surface area (TPSA) is 43.4 Å². The fraction of sp³-hybridized carbons (Fsp3) is 0.0769. The van der Waals surface area contributed by atoms with Gasteiger partial charge in [-0.15, -0.1) is 11.3 Å². The van der Waals surface area contributed by atoms with Gasteiger partial charge in [0.25, 0.3) is 0 Å². The molecule has 0 bridgehead atoms. The van der Waals surface area contributed by atoms with E-state index in [0.29, 0.717) is 16.2 Å². The molecule has 0 saturated carbocycles. The third-order valence-electron chi connectivity index (χ3n) is 2.19. The number of carbonyl (C=O) groups is 2. The number of esters is 1. The minimum Gasteiger partial charge on any atom is -0.422 e. The van der Waals surface area contributed by atoms with Crippen molar-refractivity contribution in [2.75, 3.05) is 0 Å². The summed E-state index contributed by atoms with van der Waals surface area (Å²) < 4.78 is 5.20. The summed E-state index contributed by atoms with van der Waals surface area (Å²) in [7, 11) is 0. The van der Waals surface area contributed by atoms with Crippen LogP contribution in [0.25, 0.3) is 0 Å². The fourth-order valence-electron chi connectivity index (χ4n) is 1.39. The molecule has 0 aliphatic rings. The number of thiophene rings is 1. The third-order valence-corrected chi connectivity index (χ3v) is 3.04. The summed E-state index contributed by atoms with van der Waals surface area (Å²) in [5.74, 6) is -0.258. The fourth-order valence-corrected chi connectivity index (χ4v) is 1.99. The Morgan fingerprint density at radius 1 is 1.12 bits per heavy atom. The highest BCUT2D eigenvalue weighted by atomic mass is 32.1. The van der Waals surface area contributed by atoms with Gasteiger partial charge in [0.1, 0.15) is 10.6 Å². The SMILES string of the molecule is CC(=O)c1ccccc1OC(=O)c1cccs1. The van der Waals surface area contributed by atoms with Crippen LogP contribution in [0.2, 0.25) is 0 Å². The van der Waals surface area contributed by atoms with Gasteiger partial charge in [0, 0.05) is 0 Å². The van der Waals surface area contributed by atoms with Gasteiger partial charge >= 0.3 is 5.97 Å². The third kappa shape index (κ3) is 2.60. The van der Waals surface area contributed by atoms with E-state index in [1.165, 1.54) is 18.3 Å². The number of para-hydroxylation sites is 1. The van der Waals surface area contributed by atoms with Crippen LogP contribution in [0.1, 0.15) is 27.0 Å². The molecule has 0 fully saturated rings. The maximum Gasteiger partial charge on any atom is 0.353 e. The number of hydrogen-bond acceptors (Lipinski definition) is 4. The molecule has 3 nitrogen and oxygen atoms in total. The van der Waals surface area contributed by atoms with Crippen LogP contribution >= 0.6 is 11.3 Å². The number of hydrogen-bond donors (Lipinski definition) is 0. The maximum atomic E-state index is 11.7. The van der Waals surface area contributed by atoms with Crippen LogP contribution in [-0.2, 0) is 0 Å². The number of ketones is 1. The first-order valence-corrected chi connectivity index (χ1v) is 5.92. The van der Waals surface area contributed by atoms with E-state index in [2.05, 4.69) is 0 Å². The Hall–Kier alpha value is -1.94. The van der Waals surface area contributed by atoms with Crippen LogP contribution < -0.4 is 4.74 Å². The lowest BCUT2D eigenvalue weighted by Crippen LogP contribution is -2.09. The highest BCUT2D eigenvalue weighted by molar-refractivity contribution is 7.12. The summed E-state index contributed by atoms with van der Waals surface area (Å²) in [4.78, 5) is 23.6. The van der Waals surface area contributed by atoms with E-state index in [0.717, 1.165) is 0 Å². The average Bonchev–Trinajstić information content (AvgIpc) is 2.83. The van der Waals surface area contributed by atoms with Gasteiger partial charge in [0.05, 0.1) is 5.56 Å². The molecule has 2 aromatic rings. The van der Waals surface area contributed by atoms with Gasteiger partial charge in [-0.1, -0.05) is 18.2 Å². The first-order valence-electron chi connectivity index (χ1n) is 5.04. The van der Waals surface area contributed by atoms with Gasteiger partial charge < -0.3 is 4.74 Å². The molecule has 0 N–H and O–H groups in total. The van der Waals surface area contributed by atoms with Crippen LogP contribution in [-0.4, -0.2) is 11.8 Å². The molecule has 0 saturated heterocycles. The Morgan fingerprint density at radius 3 is 2.53 bits per heavy atom. The molecular weight excluding hydrogens is 236 g/mol. The lowest BCUT2D eigenvalue weighted by Gasteiger charge is -2.06. The van der Waals surface area contributed by atoms with Gasteiger partial charge in [-0.2, -0.15) is 0 Å². The zero-order valence-electron chi connectivity index (χ0n) is 9.17. The largest absolute Gasteiger partial charge is 0.422 e. The van der Waals surface area contributed by atoms with Gasteiger partial charge in [-0.3, -0.25) is 4.79 Å². The minimum atomic E-state index is -0.436. The molecule has 0 amide bonds. The maximum absolute atomic E-state index is 11.7. The zero-order valence-corrected chi connectivity index (χ0v) is 9.99. The van der Waals surface area contributed by atoms with E-state index < -0.39 is 5.97 Å². The van der Waals surface area contributed by atoms with Crippen molar-refractivity contribution in [1.82, 2.24) is 0 Å². The summed E-state index contributed by atoms with van der Waals surface area (Å²) in [6.45, 7) is 1.44. The van der Waals surface area contributed by atoms with Crippen molar-refractivity contribution in [2.45, 2.75) is 6.92 Å². The van der Waals surface area contributed by atoms with Crippen molar-refractivity contribution >= 4 is 23.1 Å². The molecule has 0 atom stereocenters. The average molecular weight is 246 g/mol. The van der Waals surface area contributed by atoms with E-state index in [-0.39, 0.29) is 5.78 Å². The minimum absolute atomic E-state index is 0.125. The molecule has 1 aromatic carbocycles. The van der Waals surface area contributed by atoms with Crippen LogP contribution in [0.4, 0.5) is 0 Å². The van der Waals surface area contributed by atoms with Crippen molar-refractivity contribution in [3.63, 3.8) is 0 Å². The molecule has 0 aliphatic carbocycles. The lowest BCUT2D eigenvalue weighted by molar-refractivity contribution is 0.0738. The predicted molar refractivity (Wildman–Crippen MR) is 65.7 cm³/mol. The number of benzene rings is 1. The van der Waals surface area contributed by atoms with Gasteiger partial charge in [0.2, 0.25) is 0 Å². The summed E-state index contributed by atoms with van der Waals surface area (Å²) in [6, 6.07) is 10.2. The zero-order chi connectivity index (χ0) is 12.3. The second-order valence-corrected chi connectivity index (χ2v) is 4.37. The molecule has 0 spiro atoms. The Labute approximate surface area is 103 Å². The normalized spacial score (nSPS) is 9.94. The van der Waals surface area contributed by atoms with Crippen LogP contribution in [0.3, 0.4) is 0 Å². The van der Waals surface area contributed by atoms with E-state index in [1.807, 2.05) is 0 Å². The van der Waals surface area contributed by atoms with Crippen LogP contribution in [0.15, 0.2) is 41.8 Å². The van der Waals surface area contributed by atoms with Gasteiger partial charge in [-0.25, -0.2) is 4.79 Å². The standard InChI is InChI=1S/C13H10O3S/c1-9(14)10-5-2-3-6-11(10)16-13(15)12-7-4-8-17-12/h2-8H,1H3.